The van der Waals surface area contributed by atoms with Crippen LogP contribution in [0.1, 0.15) is 0 Å². The van der Waals surface area contributed by atoms with Gasteiger partial charge in [0.1, 0.15) is 5.02 Å². The SMILES string of the molecule is C=CCn1ncc(NCC(OC)OC)c(Cl)c1=O. The molecule has 1 heterocycles. The smallest absolute Gasteiger partial charge is 0.287 e. The van der Waals surface area contributed by atoms with Gasteiger partial charge in [0.15, 0.2) is 6.29 Å². The lowest BCUT2D eigenvalue weighted by Crippen LogP contribution is -2.27. The fourth-order valence-corrected chi connectivity index (χ4v) is 1.51. The predicted molar refractivity (Wildman–Crippen MR) is 70.0 cm³/mol. The van der Waals surface area contributed by atoms with Crippen molar-refractivity contribution >= 4 is 17.3 Å². The normalized spacial score (nSPS) is 10.7. The average Bonchev–Trinajstić information content (AvgIpc) is 2.38. The number of anilines is 1. The van der Waals surface area contributed by atoms with Crippen molar-refractivity contribution in [2.45, 2.75) is 12.8 Å². The largest absolute Gasteiger partial charge is 0.377 e. The molecule has 0 aromatic carbocycles. The molecule has 0 aliphatic carbocycles. The van der Waals surface area contributed by atoms with E-state index in [2.05, 4.69) is 17.0 Å². The number of methoxy groups -OCH3 is 2. The van der Waals surface area contributed by atoms with Crippen molar-refractivity contribution in [3.05, 3.63) is 34.2 Å². The van der Waals surface area contributed by atoms with E-state index in [-0.39, 0.29) is 10.6 Å². The Morgan fingerprint density at radius 3 is 2.83 bits per heavy atom. The van der Waals surface area contributed by atoms with Gasteiger partial charge in [-0.2, -0.15) is 5.10 Å². The second kappa shape index (κ2) is 7.15. The van der Waals surface area contributed by atoms with Gasteiger partial charge in [-0.3, -0.25) is 4.79 Å². The number of rotatable bonds is 7. The zero-order chi connectivity index (χ0) is 13.5. The monoisotopic (exact) mass is 273 g/mol. The number of nitrogens with zero attached hydrogens (tertiary/aromatic N) is 2. The summed E-state index contributed by atoms with van der Waals surface area (Å²) in [4.78, 5) is 11.8. The maximum atomic E-state index is 11.8. The first-order chi connectivity index (χ1) is 8.63. The van der Waals surface area contributed by atoms with Crippen molar-refractivity contribution in [3.8, 4) is 0 Å². The van der Waals surface area contributed by atoms with Crippen LogP contribution in [0.4, 0.5) is 5.69 Å². The van der Waals surface area contributed by atoms with Gasteiger partial charge in [0.25, 0.3) is 5.56 Å². The van der Waals surface area contributed by atoms with Crippen LogP contribution in [-0.4, -0.2) is 36.8 Å². The highest BCUT2D eigenvalue weighted by molar-refractivity contribution is 6.32. The van der Waals surface area contributed by atoms with Gasteiger partial charge in [-0.1, -0.05) is 17.7 Å². The van der Waals surface area contributed by atoms with Gasteiger partial charge in [-0.25, -0.2) is 4.68 Å². The lowest BCUT2D eigenvalue weighted by Gasteiger charge is -2.15. The van der Waals surface area contributed by atoms with Gasteiger partial charge in [-0.15, -0.1) is 6.58 Å². The first-order valence-corrected chi connectivity index (χ1v) is 5.67. The molecule has 6 nitrogen and oxygen atoms in total. The molecule has 7 heteroatoms. The topological polar surface area (TPSA) is 65.4 Å². The number of ether oxygens (including phenoxy) is 2. The van der Waals surface area contributed by atoms with Crippen molar-refractivity contribution in [2.24, 2.45) is 0 Å². The summed E-state index contributed by atoms with van der Waals surface area (Å²) in [6, 6.07) is 0. The van der Waals surface area contributed by atoms with Crippen LogP contribution in [0, 0.1) is 0 Å². The summed E-state index contributed by atoms with van der Waals surface area (Å²) in [5, 5.41) is 6.99. The Morgan fingerprint density at radius 2 is 2.28 bits per heavy atom. The lowest BCUT2D eigenvalue weighted by molar-refractivity contribution is -0.0914. The number of allylic oxidation sites excluding steroid dienone is 1. The summed E-state index contributed by atoms with van der Waals surface area (Å²) in [6.45, 7) is 4.22. The summed E-state index contributed by atoms with van der Waals surface area (Å²) in [7, 11) is 3.05. The molecule has 0 spiro atoms. The molecule has 100 valence electrons. The second-order valence-electron chi connectivity index (χ2n) is 3.43. The number of hydrogen-bond acceptors (Lipinski definition) is 5. The Morgan fingerprint density at radius 1 is 1.61 bits per heavy atom. The Balaban J connectivity index is 2.82. The van der Waals surface area contributed by atoms with Crippen LogP contribution in [0.15, 0.2) is 23.6 Å². The number of nitrogens with one attached hydrogen (secondary N) is 1. The molecule has 1 N–H and O–H groups in total. The van der Waals surface area contributed by atoms with Crippen LogP contribution in [0.3, 0.4) is 0 Å². The molecule has 0 saturated carbocycles. The molecule has 1 rings (SSSR count). The third-order valence-corrected chi connectivity index (χ3v) is 2.64. The quantitative estimate of drug-likeness (QED) is 0.596. The first kappa shape index (κ1) is 14.7. The van der Waals surface area contributed by atoms with E-state index in [4.69, 9.17) is 21.1 Å². The maximum absolute atomic E-state index is 11.8. The van der Waals surface area contributed by atoms with Crippen molar-refractivity contribution in [3.63, 3.8) is 0 Å². The highest BCUT2D eigenvalue weighted by Crippen LogP contribution is 2.15. The van der Waals surface area contributed by atoms with Crippen LogP contribution < -0.4 is 10.9 Å². The fourth-order valence-electron chi connectivity index (χ4n) is 1.30. The van der Waals surface area contributed by atoms with E-state index in [1.165, 1.54) is 25.1 Å². The molecule has 1 aromatic rings. The molecule has 0 aliphatic heterocycles. The van der Waals surface area contributed by atoms with Crippen molar-refractivity contribution < 1.29 is 9.47 Å². The minimum atomic E-state index is -0.420. The third-order valence-electron chi connectivity index (χ3n) is 2.27. The second-order valence-corrected chi connectivity index (χ2v) is 3.81. The summed E-state index contributed by atoms with van der Waals surface area (Å²) >= 11 is 5.95. The Kier molecular flexibility index (Phi) is 5.84. The van der Waals surface area contributed by atoms with Crippen LogP contribution in [0.25, 0.3) is 0 Å². The minimum absolute atomic E-state index is 0.0813. The Bertz CT molecular complexity index is 457. The maximum Gasteiger partial charge on any atom is 0.287 e. The van der Waals surface area contributed by atoms with E-state index in [1.54, 1.807) is 6.08 Å². The molecule has 1 aromatic heterocycles. The molecule has 0 atom stereocenters. The van der Waals surface area contributed by atoms with Gasteiger partial charge in [0.2, 0.25) is 0 Å². The molecule has 0 amide bonds. The minimum Gasteiger partial charge on any atom is -0.377 e. The number of aromatic nitrogens is 2. The first-order valence-electron chi connectivity index (χ1n) is 5.30. The molecule has 0 bridgehead atoms. The van der Waals surface area contributed by atoms with Gasteiger partial charge in [0, 0.05) is 14.2 Å². The summed E-state index contributed by atoms with van der Waals surface area (Å²) in [6.07, 6.45) is 2.64. The molecule has 18 heavy (non-hydrogen) atoms. The third kappa shape index (κ3) is 3.56. The molecule has 0 fully saturated rings. The van der Waals surface area contributed by atoms with E-state index in [0.29, 0.717) is 18.8 Å². The zero-order valence-corrected chi connectivity index (χ0v) is 11.1. The highest BCUT2D eigenvalue weighted by Gasteiger charge is 2.10. The van der Waals surface area contributed by atoms with E-state index in [1.807, 2.05) is 0 Å². The van der Waals surface area contributed by atoms with Gasteiger partial charge in [-0.05, 0) is 0 Å². The standard InChI is InChI=1S/C11H16ClN3O3/c1-4-5-15-11(16)10(12)8(6-14-15)13-7-9(17-2)18-3/h4,6,9,13H,1,5,7H2,2-3H3. The highest BCUT2D eigenvalue weighted by atomic mass is 35.5. The van der Waals surface area contributed by atoms with Gasteiger partial charge in [0.05, 0.1) is 25.0 Å². The average molecular weight is 274 g/mol. The summed E-state index contributed by atoms with van der Waals surface area (Å²) in [5.74, 6) is 0. The molecule has 0 unspecified atom stereocenters. The Hall–Kier alpha value is -1.37. The summed E-state index contributed by atoms with van der Waals surface area (Å²) in [5.41, 5.74) is 0.0778. The van der Waals surface area contributed by atoms with Crippen molar-refractivity contribution in [1.29, 1.82) is 0 Å². The Labute approximate surface area is 110 Å². The van der Waals surface area contributed by atoms with E-state index in [9.17, 15) is 4.79 Å². The van der Waals surface area contributed by atoms with E-state index in [0.717, 1.165) is 0 Å². The zero-order valence-electron chi connectivity index (χ0n) is 10.4. The molecule has 0 saturated heterocycles. The van der Waals surface area contributed by atoms with Crippen molar-refractivity contribution in [2.75, 3.05) is 26.1 Å². The molecular weight excluding hydrogens is 258 g/mol. The molecular formula is C11H16ClN3O3. The number of halogens is 1. The van der Waals surface area contributed by atoms with Crippen LogP contribution in [-0.2, 0) is 16.0 Å². The summed E-state index contributed by atoms with van der Waals surface area (Å²) < 4.78 is 11.2. The fraction of sp³-hybridized carbons (Fsp3) is 0.455. The van der Waals surface area contributed by atoms with Crippen LogP contribution >= 0.6 is 11.6 Å². The van der Waals surface area contributed by atoms with E-state index < -0.39 is 6.29 Å². The molecule has 0 radical (unpaired) electrons. The van der Waals surface area contributed by atoms with Gasteiger partial charge < -0.3 is 14.8 Å². The number of hydrogen-bond donors (Lipinski definition) is 1. The van der Waals surface area contributed by atoms with Gasteiger partial charge >= 0.3 is 0 Å². The van der Waals surface area contributed by atoms with Crippen LogP contribution in [0.2, 0.25) is 5.02 Å². The predicted octanol–water partition coefficient (Wildman–Crippen LogP) is 1.11. The lowest BCUT2D eigenvalue weighted by atomic mass is 10.4. The van der Waals surface area contributed by atoms with Crippen LogP contribution in [0.5, 0.6) is 0 Å². The van der Waals surface area contributed by atoms with E-state index >= 15 is 0 Å². The van der Waals surface area contributed by atoms with Crippen molar-refractivity contribution in [1.82, 2.24) is 9.78 Å². The molecule has 0 aliphatic rings.